The predicted molar refractivity (Wildman–Crippen MR) is 89.0 cm³/mol. The molecule has 2 atom stereocenters. The second kappa shape index (κ2) is 6.32. The van der Waals surface area contributed by atoms with E-state index in [4.69, 9.17) is 0 Å². The van der Waals surface area contributed by atoms with Crippen molar-refractivity contribution in [3.63, 3.8) is 0 Å². The molecule has 0 heterocycles. The molecule has 6 heteroatoms. The van der Waals surface area contributed by atoms with Gasteiger partial charge in [-0.05, 0) is 42.9 Å². The van der Waals surface area contributed by atoms with Gasteiger partial charge in [0.25, 0.3) is 5.69 Å². The van der Waals surface area contributed by atoms with Gasteiger partial charge in [0.2, 0.25) is 5.91 Å². The van der Waals surface area contributed by atoms with Crippen LogP contribution in [0, 0.1) is 27.4 Å². The summed E-state index contributed by atoms with van der Waals surface area (Å²) in [6, 6.07) is 5.97. The largest absolute Gasteiger partial charge is 0.273 e. The third kappa shape index (κ3) is 3.83. The van der Waals surface area contributed by atoms with Gasteiger partial charge < -0.3 is 0 Å². The molecule has 23 heavy (non-hydrogen) atoms. The number of nitro groups is 1. The highest BCUT2D eigenvalue weighted by Crippen LogP contribution is 2.59. The molecule has 0 aromatic heterocycles. The van der Waals surface area contributed by atoms with Crippen LogP contribution >= 0.6 is 0 Å². The Hall–Kier alpha value is -2.50. The molecule has 1 aromatic carbocycles. The first-order valence-corrected chi connectivity index (χ1v) is 7.46. The van der Waals surface area contributed by atoms with Crippen LogP contribution in [-0.2, 0) is 4.79 Å². The summed E-state index contributed by atoms with van der Waals surface area (Å²) in [6.45, 7) is 8.19. The van der Waals surface area contributed by atoms with Crippen molar-refractivity contribution in [2.45, 2.75) is 27.7 Å². The number of nitrogens with one attached hydrogen (secondary N) is 1. The average Bonchev–Trinajstić information content (AvgIpc) is 2.99. The Morgan fingerprint density at radius 1 is 1.30 bits per heavy atom. The number of hydrogen-bond acceptors (Lipinski definition) is 4. The van der Waals surface area contributed by atoms with Crippen LogP contribution in [0.15, 0.2) is 41.0 Å². The van der Waals surface area contributed by atoms with Crippen molar-refractivity contribution in [2.24, 2.45) is 22.4 Å². The smallest absolute Gasteiger partial charge is 0.269 e. The van der Waals surface area contributed by atoms with E-state index < -0.39 is 4.92 Å². The lowest BCUT2D eigenvalue weighted by molar-refractivity contribution is -0.384. The summed E-state index contributed by atoms with van der Waals surface area (Å²) in [7, 11) is 0. The summed E-state index contributed by atoms with van der Waals surface area (Å²) >= 11 is 0. The maximum absolute atomic E-state index is 12.2. The van der Waals surface area contributed by atoms with Gasteiger partial charge in [-0.25, -0.2) is 5.43 Å². The Labute approximate surface area is 135 Å². The molecule has 0 aliphatic heterocycles. The van der Waals surface area contributed by atoms with Gasteiger partial charge in [-0.2, -0.15) is 5.10 Å². The topological polar surface area (TPSA) is 84.6 Å². The molecule has 1 aromatic rings. The minimum atomic E-state index is -0.457. The first kappa shape index (κ1) is 16.9. The van der Waals surface area contributed by atoms with Crippen LogP contribution in [0.5, 0.6) is 0 Å². The standard InChI is InChI=1S/C17H21N3O3/c1-11(2)9-14-15(17(14,3)4)16(21)19-18-10-12-5-7-13(8-6-12)20(22)23/h5-10,14-15H,1-4H3,(H,19,21)/b18-10+. The fraction of sp³-hybridized carbons (Fsp3) is 0.412. The Kier molecular flexibility index (Phi) is 4.63. The van der Waals surface area contributed by atoms with Gasteiger partial charge in [-0.3, -0.25) is 14.9 Å². The molecule has 6 nitrogen and oxygen atoms in total. The molecule has 1 fully saturated rings. The highest BCUT2D eigenvalue weighted by atomic mass is 16.6. The van der Waals surface area contributed by atoms with Crippen LogP contribution in [0.4, 0.5) is 5.69 Å². The van der Waals surface area contributed by atoms with E-state index in [1.165, 1.54) is 23.9 Å². The lowest BCUT2D eigenvalue weighted by Crippen LogP contribution is -2.21. The maximum Gasteiger partial charge on any atom is 0.269 e. The number of hydrogen-bond donors (Lipinski definition) is 1. The quantitative estimate of drug-likeness (QED) is 0.391. The number of carbonyl (C=O) groups is 1. The molecule has 1 N–H and O–H groups in total. The molecule has 1 aliphatic rings. The highest BCUT2D eigenvalue weighted by molar-refractivity contribution is 5.86. The van der Waals surface area contributed by atoms with Crippen molar-refractivity contribution in [1.29, 1.82) is 0 Å². The van der Waals surface area contributed by atoms with Gasteiger partial charge in [-0.1, -0.05) is 25.5 Å². The van der Waals surface area contributed by atoms with Gasteiger partial charge in [0.05, 0.1) is 17.1 Å². The van der Waals surface area contributed by atoms with E-state index in [9.17, 15) is 14.9 Å². The van der Waals surface area contributed by atoms with Crippen molar-refractivity contribution >= 4 is 17.8 Å². The van der Waals surface area contributed by atoms with Crippen molar-refractivity contribution in [1.82, 2.24) is 5.43 Å². The van der Waals surface area contributed by atoms with E-state index in [-0.39, 0.29) is 28.8 Å². The van der Waals surface area contributed by atoms with E-state index >= 15 is 0 Å². The Balaban J connectivity index is 1.94. The van der Waals surface area contributed by atoms with Crippen LogP contribution in [0.1, 0.15) is 33.3 Å². The summed E-state index contributed by atoms with van der Waals surface area (Å²) in [6.07, 6.45) is 3.61. The fourth-order valence-corrected chi connectivity index (χ4v) is 2.77. The summed E-state index contributed by atoms with van der Waals surface area (Å²) < 4.78 is 0. The van der Waals surface area contributed by atoms with Crippen LogP contribution in [-0.4, -0.2) is 17.0 Å². The van der Waals surface area contributed by atoms with Crippen LogP contribution in [0.25, 0.3) is 0 Å². The lowest BCUT2D eigenvalue weighted by Gasteiger charge is -2.00. The third-order valence-corrected chi connectivity index (χ3v) is 4.20. The zero-order valence-corrected chi connectivity index (χ0v) is 13.7. The first-order valence-electron chi connectivity index (χ1n) is 7.46. The molecule has 1 saturated carbocycles. The van der Waals surface area contributed by atoms with E-state index in [1.807, 2.05) is 13.8 Å². The van der Waals surface area contributed by atoms with E-state index in [2.05, 4.69) is 30.5 Å². The van der Waals surface area contributed by atoms with Crippen LogP contribution < -0.4 is 5.43 Å². The molecule has 2 rings (SSSR count). The number of nitrogens with zero attached hydrogens (tertiary/aromatic N) is 2. The number of amides is 1. The zero-order chi connectivity index (χ0) is 17.2. The second-order valence-corrected chi connectivity index (χ2v) is 6.65. The molecular weight excluding hydrogens is 294 g/mol. The fourth-order valence-electron chi connectivity index (χ4n) is 2.77. The molecule has 0 radical (unpaired) electrons. The van der Waals surface area contributed by atoms with Crippen LogP contribution in [0.2, 0.25) is 0 Å². The molecule has 0 spiro atoms. The Morgan fingerprint density at radius 2 is 1.91 bits per heavy atom. The molecule has 2 unspecified atom stereocenters. The summed E-state index contributed by atoms with van der Waals surface area (Å²) in [5.41, 5.74) is 4.42. The second-order valence-electron chi connectivity index (χ2n) is 6.65. The van der Waals surface area contributed by atoms with Gasteiger partial charge in [0.15, 0.2) is 0 Å². The predicted octanol–water partition coefficient (Wildman–Crippen LogP) is 3.28. The molecule has 0 bridgehead atoms. The molecule has 1 amide bonds. The minimum Gasteiger partial charge on any atom is -0.273 e. The molecular formula is C17H21N3O3. The van der Waals surface area contributed by atoms with Crippen molar-refractivity contribution in [2.75, 3.05) is 0 Å². The SMILES string of the molecule is CC(C)=CC1C(C(=O)N/N=C/c2ccc([N+](=O)[O-])cc2)C1(C)C. The number of rotatable bonds is 5. The number of carbonyl (C=O) groups excluding carboxylic acids is 1. The van der Waals surface area contributed by atoms with Gasteiger partial charge >= 0.3 is 0 Å². The highest BCUT2D eigenvalue weighted by Gasteiger charge is 2.60. The van der Waals surface area contributed by atoms with Gasteiger partial charge in [-0.15, -0.1) is 0 Å². The number of allylic oxidation sites excluding steroid dienone is 2. The van der Waals surface area contributed by atoms with E-state index in [0.717, 1.165) is 0 Å². The third-order valence-electron chi connectivity index (χ3n) is 4.20. The normalized spacial score (nSPS) is 21.7. The molecule has 0 saturated heterocycles. The van der Waals surface area contributed by atoms with Crippen molar-refractivity contribution in [3.05, 3.63) is 51.6 Å². The van der Waals surface area contributed by atoms with Gasteiger partial charge in [0, 0.05) is 12.1 Å². The number of nitro benzene ring substituents is 1. The average molecular weight is 315 g/mol. The maximum atomic E-state index is 12.2. The Bertz CT molecular complexity index is 671. The zero-order valence-electron chi connectivity index (χ0n) is 13.7. The van der Waals surface area contributed by atoms with Gasteiger partial charge in [0.1, 0.15) is 0 Å². The Morgan fingerprint density at radius 3 is 2.43 bits per heavy atom. The summed E-state index contributed by atoms with van der Waals surface area (Å²) in [5, 5.41) is 14.5. The first-order chi connectivity index (χ1) is 10.7. The van der Waals surface area contributed by atoms with E-state index in [1.54, 1.807) is 12.1 Å². The van der Waals surface area contributed by atoms with Crippen molar-refractivity contribution < 1.29 is 9.72 Å². The number of benzene rings is 1. The van der Waals surface area contributed by atoms with E-state index in [0.29, 0.717) is 5.56 Å². The molecule has 122 valence electrons. The molecule has 1 aliphatic carbocycles. The van der Waals surface area contributed by atoms with Crippen molar-refractivity contribution in [3.8, 4) is 0 Å². The summed E-state index contributed by atoms with van der Waals surface area (Å²) in [5.74, 6) is 0.0594. The number of non-ortho nitro benzene ring substituents is 1. The summed E-state index contributed by atoms with van der Waals surface area (Å²) in [4.78, 5) is 22.3. The van der Waals surface area contributed by atoms with Crippen LogP contribution in [0.3, 0.4) is 0 Å². The number of hydrazone groups is 1. The lowest BCUT2D eigenvalue weighted by atomic mass is 10.1. The monoisotopic (exact) mass is 315 g/mol. The minimum absolute atomic E-state index is 0.0236.